The van der Waals surface area contributed by atoms with Crippen LogP contribution in [0.5, 0.6) is 0 Å². The number of benzene rings is 1. The number of piperidine rings is 2. The second-order valence-electron chi connectivity index (χ2n) is 11.1. The minimum atomic E-state index is -1.57. The molecular formula is C27H37F2N3O4. The fourth-order valence-corrected chi connectivity index (χ4v) is 7.40. The van der Waals surface area contributed by atoms with E-state index in [9.17, 15) is 9.18 Å². The number of nitrogens with zero attached hydrogens (tertiary/aromatic N) is 3. The lowest BCUT2D eigenvalue weighted by atomic mass is 9.73. The van der Waals surface area contributed by atoms with Gasteiger partial charge in [0.15, 0.2) is 0 Å². The van der Waals surface area contributed by atoms with Gasteiger partial charge in [-0.3, -0.25) is 0 Å². The van der Waals surface area contributed by atoms with E-state index in [2.05, 4.69) is 4.90 Å². The van der Waals surface area contributed by atoms with E-state index in [4.69, 9.17) is 14.2 Å². The van der Waals surface area contributed by atoms with Gasteiger partial charge in [0.1, 0.15) is 5.82 Å². The molecule has 1 spiro atoms. The van der Waals surface area contributed by atoms with E-state index < -0.39 is 6.48 Å². The third kappa shape index (κ3) is 4.27. The molecule has 0 aliphatic carbocycles. The van der Waals surface area contributed by atoms with Crippen molar-refractivity contribution >= 4 is 11.8 Å². The number of amides is 1. The predicted octanol–water partition coefficient (Wildman–Crippen LogP) is 4.19. The highest BCUT2D eigenvalue weighted by Gasteiger charge is 2.50. The minimum Gasteiger partial charge on any atom is -0.450 e. The Bertz CT molecular complexity index is 952. The van der Waals surface area contributed by atoms with Crippen LogP contribution >= 0.6 is 0 Å². The van der Waals surface area contributed by atoms with Crippen LogP contribution in [0.4, 0.5) is 19.3 Å². The molecule has 4 saturated heterocycles. The van der Waals surface area contributed by atoms with Crippen LogP contribution in [0.15, 0.2) is 18.2 Å². The summed E-state index contributed by atoms with van der Waals surface area (Å²) in [4.78, 5) is 18.7. The highest BCUT2D eigenvalue weighted by atomic mass is 19.2. The van der Waals surface area contributed by atoms with Crippen molar-refractivity contribution in [2.24, 2.45) is 0 Å². The maximum absolute atomic E-state index is 15.4. The zero-order chi connectivity index (χ0) is 24.9. The summed E-state index contributed by atoms with van der Waals surface area (Å²) >= 11 is 0. The summed E-state index contributed by atoms with van der Waals surface area (Å²) < 4.78 is 46.1. The molecule has 0 aromatic heterocycles. The first kappa shape index (κ1) is 24.4. The van der Waals surface area contributed by atoms with Crippen LogP contribution in [0.1, 0.15) is 57.4 Å². The summed E-state index contributed by atoms with van der Waals surface area (Å²) in [5.74, 6) is -0.277. The van der Waals surface area contributed by atoms with Crippen molar-refractivity contribution in [1.82, 2.24) is 9.80 Å². The van der Waals surface area contributed by atoms with Crippen LogP contribution in [0.25, 0.3) is 0 Å². The summed E-state index contributed by atoms with van der Waals surface area (Å²) in [6.45, 7) is 3.99. The molecular weight excluding hydrogens is 468 g/mol. The Morgan fingerprint density at radius 1 is 1.17 bits per heavy atom. The van der Waals surface area contributed by atoms with Crippen molar-refractivity contribution in [3.63, 3.8) is 0 Å². The largest absolute Gasteiger partial charge is 0.450 e. The number of carbonyl (C=O) groups excluding carboxylic acids is 1. The number of halogens is 2. The van der Waals surface area contributed by atoms with E-state index >= 15 is 4.39 Å². The number of hydrogen-bond donors (Lipinski definition) is 0. The SMILES string of the molecule is CCOC(=O)N1C2CCC1CC(N1CCC3(CC1)CN(C(F)O[C@@H]1CCOC1)c1ccc(F)cc13)C2. The highest BCUT2D eigenvalue weighted by Crippen LogP contribution is 2.49. The van der Waals surface area contributed by atoms with Crippen molar-refractivity contribution in [3.8, 4) is 0 Å². The van der Waals surface area contributed by atoms with Gasteiger partial charge in [-0.25, -0.2) is 9.18 Å². The molecule has 1 amide bonds. The smallest absolute Gasteiger partial charge is 0.410 e. The Hall–Kier alpha value is -1.97. The van der Waals surface area contributed by atoms with E-state index in [0.717, 1.165) is 62.9 Å². The number of fused-ring (bicyclic) bond motifs is 4. The molecule has 7 nitrogen and oxygen atoms in total. The maximum atomic E-state index is 15.4. The molecule has 198 valence electrons. The third-order valence-electron chi connectivity index (χ3n) is 9.21. The van der Waals surface area contributed by atoms with E-state index in [0.29, 0.717) is 38.8 Å². The van der Waals surface area contributed by atoms with Gasteiger partial charge in [-0.15, -0.1) is 0 Å². The number of hydrogen-bond acceptors (Lipinski definition) is 6. The second kappa shape index (κ2) is 9.72. The minimum absolute atomic E-state index is 0.169. The van der Waals surface area contributed by atoms with Crippen molar-refractivity contribution in [2.75, 3.05) is 44.4 Å². The zero-order valence-corrected chi connectivity index (χ0v) is 21.0. The summed E-state index contributed by atoms with van der Waals surface area (Å²) in [7, 11) is 0. The molecule has 4 atom stereocenters. The molecule has 5 aliphatic rings. The average Bonchev–Trinajstić information content (AvgIpc) is 3.56. The van der Waals surface area contributed by atoms with Gasteiger partial charge in [0.25, 0.3) is 6.48 Å². The topological polar surface area (TPSA) is 54.5 Å². The number of ether oxygens (including phenoxy) is 3. The second-order valence-corrected chi connectivity index (χ2v) is 11.1. The maximum Gasteiger partial charge on any atom is 0.410 e. The van der Waals surface area contributed by atoms with Crippen molar-refractivity contribution in [1.29, 1.82) is 0 Å². The lowest BCUT2D eigenvalue weighted by Gasteiger charge is -2.47. The van der Waals surface area contributed by atoms with Crippen LogP contribution in [0.2, 0.25) is 0 Å². The predicted molar refractivity (Wildman–Crippen MR) is 130 cm³/mol. The normalized spacial score (nSPS) is 32.2. The van der Waals surface area contributed by atoms with Gasteiger partial charge < -0.3 is 28.9 Å². The average molecular weight is 506 g/mol. The molecule has 6 rings (SSSR count). The van der Waals surface area contributed by atoms with E-state index in [-0.39, 0.29) is 35.5 Å². The Morgan fingerprint density at radius 2 is 1.92 bits per heavy atom. The van der Waals surface area contributed by atoms with Crippen LogP contribution in [0.3, 0.4) is 0 Å². The number of rotatable bonds is 5. The lowest BCUT2D eigenvalue weighted by molar-refractivity contribution is -0.0869. The Morgan fingerprint density at radius 3 is 2.58 bits per heavy atom. The Kier molecular flexibility index (Phi) is 6.58. The summed E-state index contributed by atoms with van der Waals surface area (Å²) in [6, 6.07) is 5.67. The van der Waals surface area contributed by atoms with Crippen molar-refractivity contribution < 1.29 is 27.8 Å². The molecule has 0 N–H and O–H groups in total. The van der Waals surface area contributed by atoms with Crippen molar-refractivity contribution in [2.45, 2.75) is 88.0 Å². The van der Waals surface area contributed by atoms with Gasteiger partial charge in [0.05, 0.1) is 19.3 Å². The number of alkyl halides is 1. The van der Waals surface area contributed by atoms with Crippen LogP contribution in [-0.2, 0) is 19.6 Å². The molecule has 4 fully saturated rings. The first-order chi connectivity index (χ1) is 17.5. The van der Waals surface area contributed by atoms with Crippen LogP contribution < -0.4 is 4.90 Å². The number of anilines is 1. The van der Waals surface area contributed by atoms with E-state index in [1.165, 1.54) is 6.07 Å². The third-order valence-corrected chi connectivity index (χ3v) is 9.21. The van der Waals surface area contributed by atoms with E-state index in [1.807, 2.05) is 11.8 Å². The molecule has 0 saturated carbocycles. The van der Waals surface area contributed by atoms with Crippen LogP contribution in [0, 0.1) is 5.82 Å². The standard InChI is InChI=1S/C27H37F2N3O4/c1-2-35-26(33)32-19-4-5-20(32)15-21(14-19)30-10-8-27(9-11-30)17-31(24-6-3-18(28)13-23(24)27)25(29)36-22-7-12-34-16-22/h3,6,13,19-22,25H,2,4-5,7-12,14-17H2,1H3/t19?,20?,21?,22-,25?/m1/s1. The molecule has 0 radical (unpaired) electrons. The molecule has 5 aliphatic heterocycles. The summed E-state index contributed by atoms with van der Waals surface area (Å²) in [6.07, 6.45) is 6.04. The molecule has 9 heteroatoms. The monoisotopic (exact) mass is 505 g/mol. The summed E-state index contributed by atoms with van der Waals surface area (Å²) in [5.41, 5.74) is 1.38. The number of likely N-dealkylation sites (tertiary alicyclic amines) is 1. The van der Waals surface area contributed by atoms with Gasteiger partial charge in [-0.1, -0.05) is 0 Å². The van der Waals surface area contributed by atoms with Crippen LogP contribution in [-0.4, -0.2) is 86.1 Å². The van der Waals surface area contributed by atoms with Gasteiger partial charge in [0.2, 0.25) is 0 Å². The fraction of sp³-hybridized carbons (Fsp3) is 0.741. The Labute approximate surface area is 211 Å². The van der Waals surface area contributed by atoms with Gasteiger partial charge in [0, 0.05) is 42.4 Å². The van der Waals surface area contributed by atoms with Gasteiger partial charge in [-0.05, 0) is 88.7 Å². The summed E-state index contributed by atoms with van der Waals surface area (Å²) in [5, 5.41) is 0. The molecule has 5 heterocycles. The fourth-order valence-electron chi connectivity index (χ4n) is 7.40. The first-order valence-electron chi connectivity index (χ1n) is 13.6. The molecule has 2 bridgehead atoms. The number of carbonyl (C=O) groups is 1. The van der Waals surface area contributed by atoms with E-state index in [1.54, 1.807) is 17.0 Å². The lowest BCUT2D eigenvalue weighted by Crippen LogP contribution is -2.55. The quantitative estimate of drug-likeness (QED) is 0.560. The first-order valence-corrected chi connectivity index (χ1v) is 13.6. The molecule has 36 heavy (non-hydrogen) atoms. The molecule has 1 aromatic rings. The van der Waals surface area contributed by atoms with Gasteiger partial charge in [-0.2, -0.15) is 4.39 Å². The Balaban J connectivity index is 1.14. The van der Waals surface area contributed by atoms with Crippen molar-refractivity contribution in [3.05, 3.63) is 29.6 Å². The molecule has 1 aromatic carbocycles. The highest BCUT2D eigenvalue weighted by molar-refractivity contribution is 5.69. The molecule has 3 unspecified atom stereocenters. The van der Waals surface area contributed by atoms with Gasteiger partial charge >= 0.3 is 6.09 Å². The zero-order valence-electron chi connectivity index (χ0n) is 21.0.